The number of hydrogen-bond donors (Lipinski definition) is 0. The molecule has 1 saturated heterocycles. The van der Waals surface area contributed by atoms with Gasteiger partial charge in [0.1, 0.15) is 0 Å². The Balaban J connectivity index is 1.77. The van der Waals surface area contributed by atoms with Gasteiger partial charge in [-0.25, -0.2) is 17.8 Å². The molecule has 0 spiro atoms. The van der Waals surface area contributed by atoms with Gasteiger partial charge in [-0.1, -0.05) is 0 Å². The van der Waals surface area contributed by atoms with Crippen LogP contribution in [0.1, 0.15) is 31.2 Å². The summed E-state index contributed by atoms with van der Waals surface area (Å²) in [5, 5.41) is -0.339. The Morgan fingerprint density at radius 1 is 1.28 bits per heavy atom. The lowest BCUT2D eigenvalue weighted by Crippen LogP contribution is -2.49. The summed E-state index contributed by atoms with van der Waals surface area (Å²) in [6.45, 7) is 0.626. The fourth-order valence-electron chi connectivity index (χ4n) is 3.07. The van der Waals surface area contributed by atoms with Crippen LogP contribution in [0.3, 0.4) is 0 Å². The first-order valence-corrected chi connectivity index (χ1v) is 9.55. The van der Waals surface area contributed by atoms with E-state index >= 15 is 0 Å². The Morgan fingerprint density at radius 2 is 1.96 bits per heavy atom. The molecule has 0 bridgehead atoms. The highest BCUT2D eigenvalue weighted by Gasteiger charge is 2.42. The van der Waals surface area contributed by atoms with E-state index < -0.39 is 27.6 Å². The zero-order chi connectivity index (χ0) is 18.4. The van der Waals surface area contributed by atoms with E-state index in [2.05, 4.69) is 4.98 Å². The summed E-state index contributed by atoms with van der Waals surface area (Å²) < 4.78 is 78.0. The topological polar surface area (TPSA) is 53.5 Å². The molecule has 25 heavy (non-hydrogen) atoms. The van der Waals surface area contributed by atoms with Crippen LogP contribution < -0.4 is 4.90 Å². The molecule has 1 aromatic heterocycles. The molecule has 10 heteroatoms. The number of hydrogen-bond acceptors (Lipinski definition) is 4. The van der Waals surface area contributed by atoms with Gasteiger partial charge in [0, 0.05) is 32.4 Å². The summed E-state index contributed by atoms with van der Waals surface area (Å²) in [5.74, 6) is -1.22. The second-order valence-corrected chi connectivity index (χ2v) is 8.80. The van der Waals surface area contributed by atoms with Gasteiger partial charge in [0.15, 0.2) is 11.6 Å². The molecule has 1 atom stereocenters. The monoisotopic (exact) mass is 381 g/mol. The number of piperidine rings is 1. The van der Waals surface area contributed by atoms with E-state index in [1.807, 2.05) is 0 Å². The molecule has 1 aliphatic heterocycles. The fraction of sp³-hybridized carbons (Fsp3) is 0.667. The molecule has 2 fully saturated rings. The highest BCUT2D eigenvalue weighted by Crippen LogP contribution is 2.34. The molecule has 1 unspecified atom stereocenters. The predicted molar refractivity (Wildman–Crippen MR) is 84.1 cm³/mol. The molecule has 2 heterocycles. The Bertz CT molecular complexity index is 750. The zero-order valence-corrected chi connectivity index (χ0v) is 14.4. The Labute approximate surface area is 143 Å². The van der Waals surface area contributed by atoms with Crippen molar-refractivity contribution in [3.63, 3.8) is 0 Å². The van der Waals surface area contributed by atoms with Crippen LogP contribution in [0.5, 0.6) is 0 Å². The number of pyridine rings is 1. The minimum absolute atomic E-state index is 0.171. The SMILES string of the molecule is CN(C1CCCN(c2ncc(C(F)(F)F)cc2F)C1)S(=O)(=O)C1CC1. The maximum atomic E-state index is 14.1. The van der Waals surface area contributed by atoms with Crippen LogP contribution in [0, 0.1) is 5.82 Å². The van der Waals surface area contributed by atoms with Crippen molar-refractivity contribution in [2.24, 2.45) is 0 Å². The quantitative estimate of drug-likeness (QED) is 0.753. The average molecular weight is 381 g/mol. The third-order valence-corrected chi connectivity index (χ3v) is 7.12. The molecular weight excluding hydrogens is 362 g/mol. The van der Waals surface area contributed by atoms with Gasteiger partial charge in [0.05, 0.1) is 10.8 Å². The van der Waals surface area contributed by atoms with Crippen LogP contribution in [0.15, 0.2) is 12.3 Å². The first-order chi connectivity index (χ1) is 11.6. The van der Waals surface area contributed by atoms with Crippen molar-refractivity contribution in [1.82, 2.24) is 9.29 Å². The van der Waals surface area contributed by atoms with Crippen LogP contribution in [-0.4, -0.2) is 49.1 Å². The molecule has 5 nitrogen and oxygen atoms in total. The maximum absolute atomic E-state index is 14.1. The van der Waals surface area contributed by atoms with Crippen LogP contribution >= 0.6 is 0 Å². The lowest BCUT2D eigenvalue weighted by Gasteiger charge is -2.37. The van der Waals surface area contributed by atoms with E-state index in [0.29, 0.717) is 44.5 Å². The van der Waals surface area contributed by atoms with E-state index in [-0.39, 0.29) is 23.7 Å². The van der Waals surface area contributed by atoms with E-state index in [9.17, 15) is 26.0 Å². The van der Waals surface area contributed by atoms with Gasteiger partial charge in [-0.2, -0.15) is 17.5 Å². The van der Waals surface area contributed by atoms with Crippen molar-refractivity contribution < 1.29 is 26.0 Å². The summed E-state index contributed by atoms with van der Waals surface area (Å²) in [7, 11) is -1.85. The number of sulfonamides is 1. The minimum atomic E-state index is -4.66. The number of nitrogens with zero attached hydrogens (tertiary/aromatic N) is 3. The van der Waals surface area contributed by atoms with Crippen molar-refractivity contribution >= 4 is 15.8 Å². The average Bonchev–Trinajstić information content (AvgIpc) is 3.38. The number of likely N-dealkylation sites (N-methyl/N-ethyl adjacent to an activating group) is 1. The minimum Gasteiger partial charge on any atom is -0.353 e. The zero-order valence-electron chi connectivity index (χ0n) is 13.6. The second-order valence-electron chi connectivity index (χ2n) is 6.53. The largest absolute Gasteiger partial charge is 0.417 e. The lowest BCUT2D eigenvalue weighted by molar-refractivity contribution is -0.138. The standard InChI is InChI=1S/C15H19F4N3O2S/c1-21(25(23,24)12-4-5-12)11-3-2-6-22(9-11)14-13(16)7-10(8-20-14)15(17,18)19/h7-8,11-12H,2-6,9H2,1H3. The predicted octanol–water partition coefficient (Wildman–Crippen LogP) is 2.63. The number of alkyl halides is 3. The van der Waals surface area contributed by atoms with Crippen molar-refractivity contribution in [2.75, 3.05) is 25.0 Å². The van der Waals surface area contributed by atoms with Crippen LogP contribution in [0.25, 0.3) is 0 Å². The lowest BCUT2D eigenvalue weighted by atomic mass is 10.1. The number of anilines is 1. The number of rotatable bonds is 4. The molecule has 1 aliphatic carbocycles. The number of aromatic nitrogens is 1. The van der Waals surface area contributed by atoms with Gasteiger partial charge in [0.2, 0.25) is 10.0 Å². The summed E-state index contributed by atoms with van der Waals surface area (Å²) in [6, 6.07) is 0.0826. The van der Waals surface area contributed by atoms with Crippen LogP contribution in [0.4, 0.5) is 23.4 Å². The summed E-state index contributed by atoms with van der Waals surface area (Å²) >= 11 is 0. The Kier molecular flexibility index (Phi) is 4.69. The van der Waals surface area contributed by atoms with E-state index in [0.717, 1.165) is 0 Å². The summed E-state index contributed by atoms with van der Waals surface area (Å²) in [5.41, 5.74) is -1.14. The molecule has 0 radical (unpaired) electrons. The smallest absolute Gasteiger partial charge is 0.353 e. The fourth-order valence-corrected chi connectivity index (χ4v) is 4.86. The van der Waals surface area contributed by atoms with Crippen molar-refractivity contribution in [3.8, 4) is 0 Å². The molecule has 3 rings (SSSR count). The molecule has 0 N–H and O–H groups in total. The van der Waals surface area contributed by atoms with Crippen LogP contribution in [0.2, 0.25) is 0 Å². The maximum Gasteiger partial charge on any atom is 0.417 e. The summed E-state index contributed by atoms with van der Waals surface area (Å²) in [4.78, 5) is 5.15. The first-order valence-electron chi connectivity index (χ1n) is 8.05. The van der Waals surface area contributed by atoms with Gasteiger partial charge < -0.3 is 4.90 Å². The van der Waals surface area contributed by atoms with Crippen LogP contribution in [-0.2, 0) is 16.2 Å². The van der Waals surface area contributed by atoms with Gasteiger partial charge in [-0.05, 0) is 31.7 Å². The van der Waals surface area contributed by atoms with Gasteiger partial charge in [-0.15, -0.1) is 0 Å². The third-order valence-electron chi connectivity index (χ3n) is 4.71. The second kappa shape index (κ2) is 6.39. The summed E-state index contributed by atoms with van der Waals surface area (Å²) in [6.07, 6.45) is -1.52. The molecule has 0 aromatic carbocycles. The molecule has 1 aromatic rings. The van der Waals surface area contributed by atoms with Gasteiger partial charge in [0.25, 0.3) is 0 Å². The molecule has 0 amide bonds. The molecule has 2 aliphatic rings. The first kappa shape index (κ1) is 18.4. The van der Waals surface area contributed by atoms with E-state index in [1.165, 1.54) is 16.3 Å². The molecular formula is C15H19F4N3O2S. The highest BCUT2D eigenvalue weighted by atomic mass is 32.2. The van der Waals surface area contributed by atoms with E-state index in [1.54, 1.807) is 0 Å². The van der Waals surface area contributed by atoms with E-state index in [4.69, 9.17) is 0 Å². The van der Waals surface area contributed by atoms with Gasteiger partial charge in [-0.3, -0.25) is 0 Å². The van der Waals surface area contributed by atoms with Crippen molar-refractivity contribution in [2.45, 2.75) is 43.2 Å². The molecule has 140 valence electrons. The number of halogens is 4. The van der Waals surface area contributed by atoms with Crippen molar-refractivity contribution in [1.29, 1.82) is 0 Å². The Morgan fingerprint density at radius 3 is 2.52 bits per heavy atom. The van der Waals surface area contributed by atoms with Gasteiger partial charge >= 0.3 is 6.18 Å². The highest BCUT2D eigenvalue weighted by molar-refractivity contribution is 7.90. The normalized spacial score (nSPS) is 22.5. The Hall–Kier alpha value is -1.42. The molecule has 1 saturated carbocycles. The van der Waals surface area contributed by atoms with Crippen molar-refractivity contribution in [3.05, 3.63) is 23.6 Å². The third kappa shape index (κ3) is 3.74.